The highest BCUT2D eigenvalue weighted by atomic mass is 79.9. The number of rotatable bonds is 3. The lowest BCUT2D eigenvalue weighted by atomic mass is 10.2. The molecule has 4 heteroatoms. The van der Waals surface area contributed by atoms with E-state index in [2.05, 4.69) is 40.9 Å². The summed E-state index contributed by atoms with van der Waals surface area (Å²) in [7, 11) is 0. The average molecular weight is 342 g/mol. The maximum Gasteiger partial charge on any atom is 0.109 e. The fourth-order valence-corrected chi connectivity index (χ4v) is 2.78. The van der Waals surface area contributed by atoms with Gasteiger partial charge in [0.25, 0.3) is 0 Å². The minimum absolute atomic E-state index is 0.723. The predicted molar refractivity (Wildman–Crippen MR) is 86.2 cm³/mol. The van der Waals surface area contributed by atoms with Crippen molar-refractivity contribution in [2.75, 3.05) is 6.54 Å². The normalized spacial score (nSPS) is 18.4. The average Bonchev–Trinajstić information content (AvgIpc) is 2.80. The molecule has 1 aromatic rings. The quantitative estimate of drug-likeness (QED) is 0.704. The molecular weight excluding hydrogens is 324 g/mol. The van der Waals surface area contributed by atoms with Crippen molar-refractivity contribution in [3.63, 3.8) is 0 Å². The first kappa shape index (κ1) is 14.6. The summed E-state index contributed by atoms with van der Waals surface area (Å²) in [6, 6.07) is 5.71. The number of nitrogens with zero attached hydrogens (tertiary/aromatic N) is 2. The Bertz CT molecular complexity index is 523. The van der Waals surface area contributed by atoms with Crippen LogP contribution in [0.3, 0.4) is 0 Å². The largest absolute Gasteiger partial charge is 0.337 e. The number of amidine groups is 1. The molecule has 0 spiro atoms. The summed E-state index contributed by atoms with van der Waals surface area (Å²) < 4.78 is 0.940. The molecule has 0 unspecified atom stereocenters. The van der Waals surface area contributed by atoms with Crippen molar-refractivity contribution in [1.29, 1.82) is 0 Å². The minimum Gasteiger partial charge on any atom is -0.337 e. The number of hydrogen-bond acceptors (Lipinski definition) is 1. The van der Waals surface area contributed by atoms with Crippen LogP contribution in [0.1, 0.15) is 33.1 Å². The Hall–Kier alpha value is -0.800. The van der Waals surface area contributed by atoms with Gasteiger partial charge in [0.05, 0.1) is 5.69 Å². The molecule has 1 fully saturated rings. The van der Waals surface area contributed by atoms with Crippen LogP contribution in [0.25, 0.3) is 0 Å². The minimum atomic E-state index is 0.723. The van der Waals surface area contributed by atoms with E-state index in [-0.39, 0.29) is 0 Å². The second-order valence-corrected chi connectivity index (χ2v) is 6.04. The maximum absolute atomic E-state index is 5.95. The van der Waals surface area contributed by atoms with Crippen LogP contribution in [0.5, 0.6) is 0 Å². The van der Waals surface area contributed by atoms with Gasteiger partial charge in [0.1, 0.15) is 5.84 Å². The third-order valence-corrected chi connectivity index (χ3v) is 4.09. The van der Waals surface area contributed by atoms with Gasteiger partial charge >= 0.3 is 0 Å². The smallest absolute Gasteiger partial charge is 0.109 e. The van der Waals surface area contributed by atoms with Gasteiger partial charge in [-0.2, -0.15) is 0 Å². The van der Waals surface area contributed by atoms with Gasteiger partial charge in [-0.15, -0.1) is 0 Å². The molecule has 1 aromatic carbocycles. The molecular formula is C15H18BrClN2. The molecule has 0 amide bonds. The molecule has 0 atom stereocenters. The first-order chi connectivity index (χ1) is 9.10. The van der Waals surface area contributed by atoms with Crippen LogP contribution in [0.15, 0.2) is 39.4 Å². The van der Waals surface area contributed by atoms with Crippen molar-refractivity contribution in [2.45, 2.75) is 33.1 Å². The molecule has 2 rings (SSSR count). The molecule has 1 aliphatic rings. The summed E-state index contributed by atoms with van der Waals surface area (Å²) in [4.78, 5) is 7.02. The maximum atomic E-state index is 5.95. The zero-order chi connectivity index (χ0) is 13.8. The van der Waals surface area contributed by atoms with Gasteiger partial charge in [-0.1, -0.05) is 24.1 Å². The number of hydrogen-bond donors (Lipinski definition) is 0. The summed E-state index contributed by atoms with van der Waals surface area (Å²) >= 11 is 9.46. The second-order valence-electron chi connectivity index (χ2n) is 4.75. The highest BCUT2D eigenvalue weighted by Crippen LogP contribution is 2.30. The summed E-state index contributed by atoms with van der Waals surface area (Å²) in [6.45, 7) is 5.39. The zero-order valence-electron chi connectivity index (χ0n) is 11.3. The lowest BCUT2D eigenvalue weighted by Gasteiger charge is -2.15. The van der Waals surface area contributed by atoms with E-state index in [4.69, 9.17) is 16.6 Å². The van der Waals surface area contributed by atoms with Crippen LogP contribution in [0, 0.1) is 0 Å². The van der Waals surface area contributed by atoms with Gasteiger partial charge in [0.2, 0.25) is 0 Å². The first-order valence-electron chi connectivity index (χ1n) is 6.56. The highest BCUT2D eigenvalue weighted by molar-refractivity contribution is 9.10. The summed E-state index contributed by atoms with van der Waals surface area (Å²) in [5.74, 6) is 1.14. The van der Waals surface area contributed by atoms with Crippen molar-refractivity contribution in [3.05, 3.63) is 39.5 Å². The number of allylic oxidation sites excluding steroid dienone is 1. The Morgan fingerprint density at radius 1 is 1.53 bits per heavy atom. The molecule has 0 aromatic heterocycles. The molecule has 0 bridgehead atoms. The van der Waals surface area contributed by atoms with Crippen molar-refractivity contribution in [1.82, 2.24) is 4.90 Å². The molecule has 1 heterocycles. The van der Waals surface area contributed by atoms with Crippen LogP contribution in [0.4, 0.5) is 5.69 Å². The van der Waals surface area contributed by atoms with Crippen LogP contribution in [0.2, 0.25) is 5.02 Å². The fourth-order valence-electron chi connectivity index (χ4n) is 2.01. The van der Waals surface area contributed by atoms with Crippen LogP contribution < -0.4 is 0 Å². The zero-order valence-corrected chi connectivity index (χ0v) is 13.6. The third kappa shape index (κ3) is 3.83. The van der Waals surface area contributed by atoms with Gasteiger partial charge in [-0.25, -0.2) is 4.99 Å². The van der Waals surface area contributed by atoms with E-state index in [9.17, 15) is 0 Å². The number of halogens is 2. The monoisotopic (exact) mass is 340 g/mol. The van der Waals surface area contributed by atoms with Crippen molar-refractivity contribution in [3.8, 4) is 0 Å². The SMILES string of the molecule is CC/C(C)=C\N1CCCC1=Nc1ccc(Cl)cc1Br. The number of likely N-dealkylation sites (tertiary alicyclic amines) is 1. The van der Waals surface area contributed by atoms with Gasteiger partial charge in [-0.3, -0.25) is 0 Å². The Kier molecular flexibility index (Phi) is 5.06. The molecule has 0 N–H and O–H groups in total. The van der Waals surface area contributed by atoms with E-state index in [1.807, 2.05) is 18.2 Å². The van der Waals surface area contributed by atoms with E-state index in [0.717, 1.165) is 46.8 Å². The highest BCUT2D eigenvalue weighted by Gasteiger charge is 2.17. The van der Waals surface area contributed by atoms with Crippen molar-refractivity contribution < 1.29 is 0 Å². The van der Waals surface area contributed by atoms with E-state index in [1.165, 1.54) is 5.57 Å². The Morgan fingerprint density at radius 2 is 2.32 bits per heavy atom. The molecule has 19 heavy (non-hydrogen) atoms. The van der Waals surface area contributed by atoms with Gasteiger partial charge in [-0.05, 0) is 53.9 Å². The lowest BCUT2D eigenvalue weighted by Crippen LogP contribution is -2.18. The third-order valence-electron chi connectivity index (χ3n) is 3.22. The van der Waals surface area contributed by atoms with Gasteiger partial charge in [0.15, 0.2) is 0 Å². The standard InChI is InChI=1S/C15H18BrClN2/c1-3-11(2)10-19-8-4-5-15(19)18-14-7-6-12(17)9-13(14)16/h6-7,9-10H,3-5,8H2,1-2H3/b11-10-,18-15?. The Balaban J connectivity index is 2.26. The molecule has 0 aliphatic carbocycles. The fraction of sp³-hybridized carbons (Fsp3) is 0.400. The van der Waals surface area contributed by atoms with Crippen LogP contribution in [-0.4, -0.2) is 17.3 Å². The van der Waals surface area contributed by atoms with E-state index >= 15 is 0 Å². The molecule has 1 saturated heterocycles. The number of aliphatic imine (C=N–C) groups is 1. The summed E-state index contributed by atoms with van der Waals surface area (Å²) in [6.07, 6.45) is 5.49. The van der Waals surface area contributed by atoms with E-state index in [1.54, 1.807) is 0 Å². The van der Waals surface area contributed by atoms with E-state index in [0.29, 0.717) is 0 Å². The summed E-state index contributed by atoms with van der Waals surface area (Å²) in [5, 5.41) is 0.723. The molecule has 1 aliphatic heterocycles. The van der Waals surface area contributed by atoms with Crippen LogP contribution in [-0.2, 0) is 0 Å². The summed E-state index contributed by atoms with van der Waals surface area (Å²) in [5.41, 5.74) is 2.32. The Morgan fingerprint density at radius 3 is 3.00 bits per heavy atom. The molecule has 0 radical (unpaired) electrons. The topological polar surface area (TPSA) is 15.6 Å². The number of benzene rings is 1. The van der Waals surface area contributed by atoms with Crippen molar-refractivity contribution >= 4 is 39.1 Å². The molecule has 2 nitrogen and oxygen atoms in total. The molecule has 0 saturated carbocycles. The Labute approximate surface area is 128 Å². The van der Waals surface area contributed by atoms with Crippen LogP contribution >= 0.6 is 27.5 Å². The second kappa shape index (κ2) is 6.58. The first-order valence-corrected chi connectivity index (χ1v) is 7.74. The van der Waals surface area contributed by atoms with Gasteiger partial charge in [0, 0.05) is 28.7 Å². The molecule has 102 valence electrons. The van der Waals surface area contributed by atoms with E-state index < -0.39 is 0 Å². The van der Waals surface area contributed by atoms with Gasteiger partial charge < -0.3 is 4.90 Å². The van der Waals surface area contributed by atoms with Crippen molar-refractivity contribution in [2.24, 2.45) is 4.99 Å². The predicted octanol–water partition coefficient (Wildman–Crippen LogP) is 5.54. The lowest BCUT2D eigenvalue weighted by molar-refractivity contribution is 0.595.